The Hall–Kier alpha value is -1.39. The van der Waals surface area contributed by atoms with Crippen LogP contribution in [0.2, 0.25) is 0 Å². The number of aromatic amines is 1. The van der Waals surface area contributed by atoms with Crippen LogP contribution in [0.4, 0.5) is 0 Å². The molecule has 0 aliphatic carbocycles. The molecule has 1 heterocycles. The maximum atomic E-state index is 9.93. The van der Waals surface area contributed by atoms with Crippen molar-refractivity contribution < 1.29 is 4.92 Å². The Morgan fingerprint density at radius 3 is 3.00 bits per heavy atom. The average Bonchev–Trinajstić information content (AvgIpc) is 2.13. The van der Waals surface area contributed by atoms with Gasteiger partial charge < -0.3 is 0 Å². The van der Waals surface area contributed by atoms with E-state index in [0.717, 1.165) is 5.69 Å². The minimum atomic E-state index is -0.407. The van der Waals surface area contributed by atoms with Gasteiger partial charge in [-0.05, 0) is 13.0 Å². The molecule has 1 N–H and O–H groups in total. The van der Waals surface area contributed by atoms with E-state index in [1.807, 2.05) is 0 Å². The molecule has 0 unspecified atom stereocenters. The summed E-state index contributed by atoms with van der Waals surface area (Å²) in [6, 6.07) is 1.66. The van der Waals surface area contributed by atoms with Crippen molar-refractivity contribution in [2.75, 3.05) is 0 Å². The van der Waals surface area contributed by atoms with E-state index in [-0.39, 0.29) is 6.54 Å². The predicted molar refractivity (Wildman–Crippen MR) is 34.0 cm³/mol. The highest BCUT2D eigenvalue weighted by atomic mass is 16.6. The van der Waals surface area contributed by atoms with Crippen LogP contribution in [0.1, 0.15) is 11.4 Å². The first-order chi connectivity index (χ1) is 4.68. The molecular weight excluding hydrogens is 134 g/mol. The molecule has 5 heteroatoms. The van der Waals surface area contributed by atoms with Crippen molar-refractivity contribution in [1.82, 2.24) is 10.2 Å². The monoisotopic (exact) mass is 141 g/mol. The highest BCUT2D eigenvalue weighted by Gasteiger charge is 2.03. The molecule has 5 nitrogen and oxygen atoms in total. The van der Waals surface area contributed by atoms with Crippen LogP contribution >= 0.6 is 0 Å². The summed E-state index contributed by atoms with van der Waals surface area (Å²) in [5.74, 6) is 0. The number of rotatable bonds is 2. The van der Waals surface area contributed by atoms with E-state index in [1.54, 1.807) is 13.0 Å². The molecule has 0 amide bonds. The van der Waals surface area contributed by atoms with Crippen molar-refractivity contribution in [1.29, 1.82) is 0 Å². The summed E-state index contributed by atoms with van der Waals surface area (Å²) in [4.78, 5) is 9.52. The predicted octanol–water partition coefficient (Wildman–Crippen LogP) is 0.495. The summed E-state index contributed by atoms with van der Waals surface area (Å²) in [5, 5.41) is 16.2. The van der Waals surface area contributed by atoms with E-state index in [0.29, 0.717) is 5.69 Å². The molecule has 10 heavy (non-hydrogen) atoms. The Morgan fingerprint density at radius 1 is 1.90 bits per heavy atom. The minimum absolute atomic E-state index is 0.204. The molecular formula is C5H7N3O2. The molecule has 0 saturated heterocycles. The SMILES string of the molecule is Cc1cc(C[N+](=O)[O-])n[nH]1. The zero-order valence-electron chi connectivity index (χ0n) is 5.50. The molecule has 0 radical (unpaired) electrons. The lowest BCUT2D eigenvalue weighted by Crippen LogP contribution is -1.97. The number of hydrogen-bond donors (Lipinski definition) is 1. The molecule has 54 valence electrons. The molecule has 0 aliphatic rings. The van der Waals surface area contributed by atoms with Gasteiger partial charge in [-0.2, -0.15) is 5.10 Å². The first-order valence-corrected chi connectivity index (χ1v) is 2.81. The topological polar surface area (TPSA) is 71.8 Å². The average molecular weight is 141 g/mol. The van der Waals surface area contributed by atoms with Crippen molar-refractivity contribution in [3.8, 4) is 0 Å². The van der Waals surface area contributed by atoms with Gasteiger partial charge in [-0.1, -0.05) is 0 Å². The normalized spacial score (nSPS) is 9.70. The maximum absolute atomic E-state index is 9.93. The quantitative estimate of drug-likeness (QED) is 0.481. The van der Waals surface area contributed by atoms with Crippen LogP contribution in [0.25, 0.3) is 0 Å². The van der Waals surface area contributed by atoms with E-state index in [9.17, 15) is 10.1 Å². The summed E-state index contributed by atoms with van der Waals surface area (Å²) in [6.45, 7) is 1.60. The van der Waals surface area contributed by atoms with Gasteiger partial charge in [0.15, 0.2) is 0 Å². The van der Waals surface area contributed by atoms with Crippen molar-refractivity contribution in [3.05, 3.63) is 27.6 Å². The summed E-state index contributed by atoms with van der Waals surface area (Å²) < 4.78 is 0. The van der Waals surface area contributed by atoms with E-state index < -0.39 is 4.92 Å². The molecule has 0 saturated carbocycles. The lowest BCUT2D eigenvalue weighted by atomic mass is 10.4. The molecule has 0 bridgehead atoms. The molecule has 0 fully saturated rings. The zero-order chi connectivity index (χ0) is 7.56. The van der Waals surface area contributed by atoms with Gasteiger partial charge in [-0.3, -0.25) is 15.2 Å². The summed E-state index contributed by atoms with van der Waals surface area (Å²) in [6.07, 6.45) is 0. The van der Waals surface area contributed by atoms with Gasteiger partial charge >= 0.3 is 0 Å². The fraction of sp³-hybridized carbons (Fsp3) is 0.400. The standard InChI is InChI=1S/C5H7N3O2/c1-4-2-5(7-6-4)3-8(9)10/h2H,3H2,1H3,(H,6,7). The van der Waals surface area contributed by atoms with Crippen LogP contribution in [0.3, 0.4) is 0 Å². The van der Waals surface area contributed by atoms with Gasteiger partial charge in [0.25, 0.3) is 0 Å². The number of H-pyrrole nitrogens is 1. The van der Waals surface area contributed by atoms with Gasteiger partial charge in [0, 0.05) is 10.6 Å². The molecule has 0 atom stereocenters. The van der Waals surface area contributed by atoms with Crippen molar-refractivity contribution >= 4 is 0 Å². The molecule has 0 aromatic carbocycles. The molecule has 1 rings (SSSR count). The number of aryl methyl sites for hydroxylation is 1. The van der Waals surface area contributed by atoms with Crippen LogP contribution in [0.5, 0.6) is 0 Å². The van der Waals surface area contributed by atoms with Gasteiger partial charge in [-0.25, -0.2) is 0 Å². The lowest BCUT2D eigenvalue weighted by molar-refractivity contribution is -0.497. The number of nitrogens with one attached hydrogen (secondary N) is 1. The van der Waals surface area contributed by atoms with Crippen molar-refractivity contribution in [3.63, 3.8) is 0 Å². The first kappa shape index (κ1) is 6.73. The Balaban J connectivity index is 2.67. The number of nitrogens with zero attached hydrogens (tertiary/aromatic N) is 2. The highest BCUT2D eigenvalue weighted by Crippen LogP contribution is 1.97. The lowest BCUT2D eigenvalue weighted by Gasteiger charge is -1.83. The molecule has 0 aliphatic heterocycles. The molecule has 1 aromatic rings. The Labute approximate surface area is 57.2 Å². The maximum Gasteiger partial charge on any atom is 0.247 e. The summed E-state index contributed by atoms with van der Waals surface area (Å²) >= 11 is 0. The fourth-order valence-corrected chi connectivity index (χ4v) is 0.688. The second-order valence-corrected chi connectivity index (χ2v) is 2.03. The zero-order valence-corrected chi connectivity index (χ0v) is 5.50. The fourth-order valence-electron chi connectivity index (χ4n) is 0.688. The van der Waals surface area contributed by atoms with Gasteiger partial charge in [0.1, 0.15) is 5.69 Å². The van der Waals surface area contributed by atoms with E-state index in [2.05, 4.69) is 10.2 Å². The van der Waals surface area contributed by atoms with Gasteiger partial charge in [0.05, 0.1) is 0 Å². The van der Waals surface area contributed by atoms with E-state index >= 15 is 0 Å². The Morgan fingerprint density at radius 2 is 2.60 bits per heavy atom. The van der Waals surface area contributed by atoms with Crippen molar-refractivity contribution in [2.45, 2.75) is 13.5 Å². The van der Waals surface area contributed by atoms with Crippen LogP contribution in [-0.2, 0) is 6.54 Å². The largest absolute Gasteiger partial charge is 0.282 e. The summed E-state index contributed by atoms with van der Waals surface area (Å²) in [7, 11) is 0. The van der Waals surface area contributed by atoms with Crippen LogP contribution in [0, 0.1) is 17.0 Å². The third-order valence-electron chi connectivity index (χ3n) is 1.05. The Bertz CT molecular complexity index is 243. The third kappa shape index (κ3) is 1.54. The van der Waals surface area contributed by atoms with E-state index in [4.69, 9.17) is 0 Å². The smallest absolute Gasteiger partial charge is 0.247 e. The third-order valence-corrected chi connectivity index (χ3v) is 1.05. The highest BCUT2D eigenvalue weighted by molar-refractivity contribution is 5.04. The van der Waals surface area contributed by atoms with Gasteiger partial charge in [-0.15, -0.1) is 0 Å². The first-order valence-electron chi connectivity index (χ1n) is 2.81. The van der Waals surface area contributed by atoms with Gasteiger partial charge in [0.2, 0.25) is 6.54 Å². The Kier molecular flexibility index (Phi) is 1.66. The number of aromatic nitrogens is 2. The van der Waals surface area contributed by atoms with E-state index in [1.165, 1.54) is 0 Å². The second kappa shape index (κ2) is 2.47. The van der Waals surface area contributed by atoms with Crippen LogP contribution in [0.15, 0.2) is 6.07 Å². The molecule has 0 spiro atoms. The number of nitro groups is 1. The number of hydrogen-bond acceptors (Lipinski definition) is 3. The minimum Gasteiger partial charge on any atom is -0.282 e. The van der Waals surface area contributed by atoms with Crippen LogP contribution in [-0.4, -0.2) is 15.1 Å². The molecule has 1 aromatic heterocycles. The van der Waals surface area contributed by atoms with Crippen LogP contribution < -0.4 is 0 Å². The van der Waals surface area contributed by atoms with Crippen molar-refractivity contribution in [2.24, 2.45) is 0 Å². The second-order valence-electron chi connectivity index (χ2n) is 2.03. The summed E-state index contributed by atoms with van der Waals surface area (Å²) in [5.41, 5.74) is 1.32.